The van der Waals surface area contributed by atoms with Crippen LogP contribution in [-0.2, 0) is 12.8 Å². The minimum atomic E-state index is 0.0707. The summed E-state index contributed by atoms with van der Waals surface area (Å²) in [5.41, 5.74) is 9.01. The predicted octanol–water partition coefficient (Wildman–Crippen LogP) is 7.55. The van der Waals surface area contributed by atoms with E-state index in [0.29, 0.717) is 12.3 Å². The number of aryl methyl sites for hydroxylation is 1. The maximum Gasteiger partial charge on any atom is 0.217 e. The molecule has 2 aromatic heterocycles. The van der Waals surface area contributed by atoms with Gasteiger partial charge in [-0.15, -0.1) is 0 Å². The van der Waals surface area contributed by atoms with Crippen molar-refractivity contribution in [1.29, 1.82) is 5.41 Å². The summed E-state index contributed by atoms with van der Waals surface area (Å²) in [6.07, 6.45) is 10.1. The highest BCUT2D eigenvalue weighted by Crippen LogP contribution is 2.34. The maximum absolute atomic E-state index is 7.09. The average Bonchev–Trinajstić information content (AvgIpc) is 2.99. The van der Waals surface area contributed by atoms with Crippen LogP contribution in [0.5, 0.6) is 5.88 Å². The van der Waals surface area contributed by atoms with Gasteiger partial charge in [-0.3, -0.25) is 4.98 Å². The summed E-state index contributed by atoms with van der Waals surface area (Å²) in [7, 11) is 1.67. The summed E-state index contributed by atoms with van der Waals surface area (Å²) in [4.78, 5) is 9.26. The number of nitrogens with one attached hydrogen (secondary N) is 2. The Morgan fingerprint density at radius 2 is 1.67 bits per heavy atom. The SMILES string of the molecule is CCc1ccc(C(c2cccnc2)c2ccc3nc(OC)c(Cc4ccc(N/C=C\C=N)cc4)cc3c2)cc1. The van der Waals surface area contributed by atoms with Gasteiger partial charge in [-0.05, 0) is 76.7 Å². The van der Waals surface area contributed by atoms with Gasteiger partial charge >= 0.3 is 0 Å². The first-order valence-corrected chi connectivity index (χ1v) is 13.2. The predicted molar refractivity (Wildman–Crippen MR) is 160 cm³/mol. The molecule has 2 N–H and O–H groups in total. The zero-order chi connectivity index (χ0) is 27.0. The van der Waals surface area contributed by atoms with Gasteiger partial charge in [-0.25, -0.2) is 4.98 Å². The van der Waals surface area contributed by atoms with Crippen molar-refractivity contribution in [2.75, 3.05) is 12.4 Å². The molecule has 0 radical (unpaired) electrons. The number of hydrogen-bond acceptors (Lipinski definition) is 5. The maximum atomic E-state index is 7.09. The Hall–Kier alpha value is -4.77. The molecule has 0 bridgehead atoms. The van der Waals surface area contributed by atoms with Gasteiger partial charge in [0.05, 0.1) is 12.6 Å². The molecule has 0 spiro atoms. The first-order chi connectivity index (χ1) is 19.2. The smallest absolute Gasteiger partial charge is 0.217 e. The molecule has 5 heteroatoms. The number of anilines is 1. The number of methoxy groups -OCH3 is 1. The second-order valence-electron chi connectivity index (χ2n) is 9.47. The molecule has 0 saturated heterocycles. The van der Waals surface area contributed by atoms with E-state index >= 15 is 0 Å². The van der Waals surface area contributed by atoms with E-state index in [1.165, 1.54) is 22.9 Å². The van der Waals surface area contributed by atoms with Crippen LogP contribution < -0.4 is 10.1 Å². The second kappa shape index (κ2) is 12.2. The van der Waals surface area contributed by atoms with Gasteiger partial charge in [-0.1, -0.05) is 55.5 Å². The summed E-state index contributed by atoms with van der Waals surface area (Å²) in [6, 6.07) is 30.0. The van der Waals surface area contributed by atoms with Crippen LogP contribution in [0.4, 0.5) is 5.69 Å². The lowest BCUT2D eigenvalue weighted by Gasteiger charge is -2.20. The number of ether oxygens (including phenoxy) is 1. The van der Waals surface area contributed by atoms with Crippen LogP contribution in [0.3, 0.4) is 0 Å². The third-order valence-electron chi connectivity index (χ3n) is 6.93. The largest absolute Gasteiger partial charge is 0.481 e. The lowest BCUT2D eigenvalue weighted by molar-refractivity contribution is 0.395. The number of nitrogens with zero attached hydrogens (tertiary/aromatic N) is 2. The van der Waals surface area contributed by atoms with Crippen LogP contribution in [0.2, 0.25) is 0 Å². The molecule has 0 saturated carbocycles. The Morgan fingerprint density at radius 3 is 2.36 bits per heavy atom. The number of allylic oxidation sites excluding steroid dienone is 1. The Bertz CT molecular complexity index is 1580. The van der Waals surface area contributed by atoms with E-state index in [4.69, 9.17) is 15.1 Å². The molecule has 1 unspecified atom stereocenters. The van der Waals surface area contributed by atoms with Gasteiger partial charge in [0.15, 0.2) is 0 Å². The number of hydrogen-bond donors (Lipinski definition) is 2. The molecule has 2 heterocycles. The van der Waals surface area contributed by atoms with Crippen molar-refractivity contribution < 1.29 is 4.74 Å². The molecule has 3 aromatic carbocycles. The summed E-state index contributed by atoms with van der Waals surface area (Å²) < 4.78 is 5.69. The van der Waals surface area contributed by atoms with E-state index in [2.05, 4.69) is 84.0 Å². The van der Waals surface area contributed by atoms with Crippen molar-refractivity contribution in [2.24, 2.45) is 0 Å². The normalized spacial score (nSPS) is 11.9. The lowest BCUT2D eigenvalue weighted by Crippen LogP contribution is -2.05. The van der Waals surface area contributed by atoms with Crippen molar-refractivity contribution in [1.82, 2.24) is 9.97 Å². The topological polar surface area (TPSA) is 70.9 Å². The first kappa shape index (κ1) is 25.9. The molecule has 5 aromatic rings. The van der Waals surface area contributed by atoms with Gasteiger partial charge in [0.25, 0.3) is 0 Å². The first-order valence-electron chi connectivity index (χ1n) is 13.2. The molecule has 0 aliphatic heterocycles. The Morgan fingerprint density at radius 1 is 0.897 bits per heavy atom. The number of pyridine rings is 2. The zero-order valence-electron chi connectivity index (χ0n) is 22.3. The van der Waals surface area contributed by atoms with E-state index in [0.717, 1.165) is 39.7 Å². The number of fused-ring (bicyclic) bond motifs is 1. The second-order valence-corrected chi connectivity index (χ2v) is 9.47. The monoisotopic (exact) mass is 512 g/mol. The fourth-order valence-corrected chi connectivity index (χ4v) is 4.91. The Kier molecular flexibility index (Phi) is 8.08. The van der Waals surface area contributed by atoms with Crippen molar-refractivity contribution in [3.8, 4) is 5.88 Å². The zero-order valence-corrected chi connectivity index (χ0v) is 22.3. The van der Waals surface area contributed by atoms with Crippen LogP contribution >= 0.6 is 0 Å². The van der Waals surface area contributed by atoms with Crippen LogP contribution in [0.15, 0.2) is 110 Å². The number of benzene rings is 3. The summed E-state index contributed by atoms with van der Waals surface area (Å²) in [6.45, 7) is 2.18. The minimum Gasteiger partial charge on any atom is -0.481 e. The van der Waals surface area contributed by atoms with E-state index in [9.17, 15) is 0 Å². The lowest BCUT2D eigenvalue weighted by atomic mass is 9.85. The highest BCUT2D eigenvalue weighted by atomic mass is 16.5. The molecule has 1 atom stereocenters. The molecule has 0 amide bonds. The van der Waals surface area contributed by atoms with Crippen LogP contribution in [0, 0.1) is 5.41 Å². The van der Waals surface area contributed by atoms with E-state index in [1.807, 2.05) is 30.6 Å². The third kappa shape index (κ3) is 6.04. The highest BCUT2D eigenvalue weighted by molar-refractivity contribution is 5.81. The quantitative estimate of drug-likeness (QED) is 0.190. The van der Waals surface area contributed by atoms with Gasteiger partial charge < -0.3 is 15.5 Å². The molecular weight excluding hydrogens is 480 g/mol. The third-order valence-corrected chi connectivity index (χ3v) is 6.93. The van der Waals surface area contributed by atoms with Crippen molar-refractivity contribution in [3.63, 3.8) is 0 Å². The molecule has 5 nitrogen and oxygen atoms in total. The summed E-state index contributed by atoms with van der Waals surface area (Å²) in [5, 5.41) is 11.3. The molecule has 0 fully saturated rings. The van der Waals surface area contributed by atoms with Crippen molar-refractivity contribution >= 4 is 22.8 Å². The molecule has 194 valence electrons. The van der Waals surface area contributed by atoms with Crippen LogP contribution in [-0.4, -0.2) is 23.3 Å². The highest BCUT2D eigenvalue weighted by Gasteiger charge is 2.18. The van der Waals surface area contributed by atoms with Gasteiger partial charge in [0.2, 0.25) is 5.88 Å². The Balaban J connectivity index is 1.51. The van der Waals surface area contributed by atoms with Crippen LogP contribution in [0.1, 0.15) is 46.2 Å². The molecule has 0 aliphatic carbocycles. The van der Waals surface area contributed by atoms with Crippen molar-refractivity contribution in [2.45, 2.75) is 25.7 Å². The van der Waals surface area contributed by atoms with E-state index in [-0.39, 0.29) is 5.92 Å². The molecular formula is C34H32N4O. The van der Waals surface area contributed by atoms with Crippen molar-refractivity contribution in [3.05, 3.63) is 143 Å². The standard InChI is InChI=1S/C34H32N4O/c1-3-24-7-11-26(12-8-24)33(28-6-4-18-36-23-28)27-13-16-32-29(21-27)22-30(34(38-32)39-2)20-25-9-14-31(15-10-25)37-19-5-17-35/h4-19,21-23,33,35,37H,3,20H2,1-2H3/b19-5-,35-17?. The molecule has 0 aliphatic rings. The van der Waals surface area contributed by atoms with E-state index in [1.54, 1.807) is 19.4 Å². The summed E-state index contributed by atoms with van der Waals surface area (Å²) in [5.74, 6) is 0.714. The van der Waals surface area contributed by atoms with Gasteiger partial charge in [-0.2, -0.15) is 0 Å². The Labute approximate surface area is 229 Å². The fourth-order valence-electron chi connectivity index (χ4n) is 4.91. The molecule has 39 heavy (non-hydrogen) atoms. The summed E-state index contributed by atoms with van der Waals surface area (Å²) >= 11 is 0. The average molecular weight is 513 g/mol. The fraction of sp³-hybridized carbons (Fsp3) is 0.147. The number of rotatable bonds is 10. The number of aromatic nitrogens is 2. The molecule has 5 rings (SSSR count). The minimum absolute atomic E-state index is 0.0707. The van der Waals surface area contributed by atoms with E-state index < -0.39 is 0 Å². The van der Waals surface area contributed by atoms with Crippen LogP contribution in [0.25, 0.3) is 10.9 Å². The van der Waals surface area contributed by atoms with Gasteiger partial charge in [0.1, 0.15) is 0 Å². The van der Waals surface area contributed by atoms with Gasteiger partial charge in [0, 0.05) is 53.8 Å².